The molecule has 0 aliphatic carbocycles. The van der Waals surface area contributed by atoms with Crippen LogP contribution in [0.15, 0.2) is 0 Å². The number of nitrogens with zero attached hydrogens (tertiary/aromatic N) is 1. The minimum absolute atomic E-state index is 0.536. The van der Waals surface area contributed by atoms with Crippen LogP contribution in [0.3, 0.4) is 0 Å². The number of urea groups is 1. The summed E-state index contributed by atoms with van der Waals surface area (Å²) >= 11 is 0. The van der Waals surface area contributed by atoms with Crippen molar-refractivity contribution in [1.29, 1.82) is 0 Å². The summed E-state index contributed by atoms with van der Waals surface area (Å²) in [6.45, 7) is 1.59. The Bertz CT molecular complexity index is 87.7. The van der Waals surface area contributed by atoms with Crippen molar-refractivity contribution < 1.29 is 4.79 Å². The second-order valence-corrected chi connectivity index (χ2v) is 1.65. The summed E-state index contributed by atoms with van der Waals surface area (Å²) in [5.74, 6) is 0. The number of rotatable bonds is 0. The molecule has 1 N–H and O–H groups in total. The molecule has 0 aromatic carbocycles. The third-order valence-electron chi connectivity index (χ3n) is 1.14. The molecule has 7 heavy (non-hydrogen) atoms. The van der Waals surface area contributed by atoms with Crippen molar-refractivity contribution in [3.05, 3.63) is 0 Å². The van der Waals surface area contributed by atoms with E-state index in [1.807, 2.05) is 0 Å². The maximum Gasteiger partial charge on any atom is 0.336 e. The van der Waals surface area contributed by atoms with Gasteiger partial charge in [-0.15, -0.1) is 0 Å². The molecule has 0 atom stereocenters. The van der Waals surface area contributed by atoms with Crippen molar-refractivity contribution in [1.82, 2.24) is 10.6 Å². The van der Waals surface area contributed by atoms with Gasteiger partial charge in [0.05, 0.1) is 0 Å². The highest BCUT2D eigenvalue weighted by atomic mass is 16.2. The molecule has 1 rings (SSSR count). The van der Waals surface area contributed by atoms with Crippen LogP contribution >= 0.6 is 0 Å². The molecule has 2 amide bonds. The molecule has 0 aromatic heterocycles. The molecule has 1 fully saturated rings. The number of nitrogens with one attached hydrogen (secondary N) is 1. The predicted molar refractivity (Wildman–Crippen MR) is 24.7 cm³/mol. The highest BCUT2D eigenvalue weighted by Gasteiger charge is 2.16. The van der Waals surface area contributed by atoms with Crippen LogP contribution in [0.4, 0.5) is 4.79 Å². The van der Waals surface area contributed by atoms with Crippen molar-refractivity contribution >= 4 is 6.03 Å². The summed E-state index contributed by atoms with van der Waals surface area (Å²) < 4.78 is 0. The summed E-state index contributed by atoms with van der Waals surface area (Å²) in [4.78, 5) is 11.5. The molecule has 0 aromatic rings. The highest BCUT2D eigenvalue weighted by Crippen LogP contribution is 2.03. The third-order valence-corrected chi connectivity index (χ3v) is 1.14. The lowest BCUT2D eigenvalue weighted by atomic mass is 10.2. The Hall–Kier alpha value is -0.730. The molecule has 3 heteroatoms. The van der Waals surface area contributed by atoms with E-state index >= 15 is 0 Å². The van der Waals surface area contributed by atoms with Gasteiger partial charge in [0.15, 0.2) is 0 Å². The zero-order chi connectivity index (χ0) is 5.28. The summed E-state index contributed by atoms with van der Waals surface area (Å²) in [5.41, 5.74) is 6.52. The standard InChI is InChI=1S/C4H7N2O/c5-4(7)6-2-1-3-6/h5H,1-3H2. The number of hydrogen-bond donors (Lipinski definition) is 0. The molecule has 1 aliphatic heterocycles. The van der Waals surface area contributed by atoms with E-state index in [0.717, 1.165) is 19.5 Å². The maximum absolute atomic E-state index is 10.0. The smallest absolute Gasteiger partial charge is 0.323 e. The molecule has 1 saturated heterocycles. The molecule has 1 aliphatic rings. The monoisotopic (exact) mass is 99.1 g/mol. The second-order valence-electron chi connectivity index (χ2n) is 1.65. The summed E-state index contributed by atoms with van der Waals surface area (Å²) in [6.07, 6.45) is 1.07. The van der Waals surface area contributed by atoms with E-state index in [0.29, 0.717) is 0 Å². The van der Waals surface area contributed by atoms with Gasteiger partial charge in [-0.2, -0.15) is 0 Å². The molecule has 3 nitrogen and oxygen atoms in total. The van der Waals surface area contributed by atoms with E-state index in [-0.39, 0.29) is 0 Å². The fourth-order valence-corrected chi connectivity index (χ4v) is 0.519. The van der Waals surface area contributed by atoms with Gasteiger partial charge in [-0.1, -0.05) is 0 Å². The largest absolute Gasteiger partial charge is 0.336 e. The SMILES string of the molecule is [NH]C(=O)N1CCC1. The Balaban J connectivity index is 2.27. The number of likely N-dealkylation sites (tertiary alicyclic amines) is 1. The van der Waals surface area contributed by atoms with E-state index in [9.17, 15) is 4.79 Å². The van der Waals surface area contributed by atoms with E-state index in [1.165, 1.54) is 4.90 Å². The molecular weight excluding hydrogens is 92.1 g/mol. The topological polar surface area (TPSA) is 44.1 Å². The molecule has 1 heterocycles. The van der Waals surface area contributed by atoms with Gasteiger partial charge in [0.1, 0.15) is 0 Å². The van der Waals surface area contributed by atoms with Crippen LogP contribution in [-0.4, -0.2) is 24.0 Å². The van der Waals surface area contributed by atoms with Crippen LogP contribution in [0.25, 0.3) is 0 Å². The van der Waals surface area contributed by atoms with Gasteiger partial charge in [-0.3, -0.25) is 0 Å². The van der Waals surface area contributed by atoms with Gasteiger partial charge < -0.3 is 4.90 Å². The first-order valence-corrected chi connectivity index (χ1v) is 2.31. The lowest BCUT2D eigenvalue weighted by Crippen LogP contribution is -2.41. The Kier molecular flexibility index (Phi) is 0.889. The van der Waals surface area contributed by atoms with E-state index in [2.05, 4.69) is 0 Å². The number of carbonyl (C=O) groups is 1. The van der Waals surface area contributed by atoms with Crippen LogP contribution in [0.2, 0.25) is 0 Å². The van der Waals surface area contributed by atoms with Gasteiger partial charge in [-0.25, -0.2) is 10.5 Å². The molecule has 0 bridgehead atoms. The van der Waals surface area contributed by atoms with E-state index in [1.54, 1.807) is 0 Å². The lowest BCUT2D eigenvalue weighted by Gasteiger charge is -2.27. The third kappa shape index (κ3) is 0.656. The maximum atomic E-state index is 10.0. The average Bonchev–Trinajstić information content (AvgIpc) is 1.23. The predicted octanol–water partition coefficient (Wildman–Crippen LogP) is 0.0950. The number of hydrogen-bond acceptors (Lipinski definition) is 1. The second kappa shape index (κ2) is 1.40. The van der Waals surface area contributed by atoms with Crippen molar-refractivity contribution in [2.24, 2.45) is 0 Å². The summed E-state index contributed by atoms with van der Waals surface area (Å²) in [7, 11) is 0. The average molecular weight is 99.1 g/mol. The molecule has 0 unspecified atom stereocenters. The molecule has 0 saturated carbocycles. The van der Waals surface area contributed by atoms with Gasteiger partial charge in [0, 0.05) is 13.1 Å². The van der Waals surface area contributed by atoms with Crippen LogP contribution in [0, 0.1) is 0 Å². The normalized spacial score (nSPS) is 18.6. The van der Waals surface area contributed by atoms with Gasteiger partial charge >= 0.3 is 6.03 Å². The number of carbonyl (C=O) groups excluding carboxylic acids is 1. The van der Waals surface area contributed by atoms with Crippen molar-refractivity contribution in [2.45, 2.75) is 6.42 Å². The van der Waals surface area contributed by atoms with Crippen molar-refractivity contribution in [3.8, 4) is 0 Å². The summed E-state index contributed by atoms with van der Waals surface area (Å²) in [6, 6.07) is -0.536. The molecular formula is C4H7N2O. The Morgan fingerprint density at radius 1 is 1.57 bits per heavy atom. The van der Waals surface area contributed by atoms with Crippen LogP contribution in [0.1, 0.15) is 6.42 Å². The first-order chi connectivity index (χ1) is 3.30. The fourth-order valence-electron chi connectivity index (χ4n) is 0.519. The van der Waals surface area contributed by atoms with Gasteiger partial charge in [0.2, 0.25) is 0 Å². The van der Waals surface area contributed by atoms with E-state index < -0.39 is 6.03 Å². The van der Waals surface area contributed by atoms with E-state index in [4.69, 9.17) is 5.73 Å². The van der Waals surface area contributed by atoms with Crippen LogP contribution in [-0.2, 0) is 0 Å². The zero-order valence-electron chi connectivity index (χ0n) is 3.98. The fraction of sp³-hybridized carbons (Fsp3) is 0.750. The van der Waals surface area contributed by atoms with Crippen LogP contribution in [0.5, 0.6) is 0 Å². The first kappa shape index (κ1) is 4.43. The van der Waals surface area contributed by atoms with Crippen molar-refractivity contribution in [3.63, 3.8) is 0 Å². The Labute approximate surface area is 42.1 Å². The minimum atomic E-state index is -0.536. The van der Waals surface area contributed by atoms with Gasteiger partial charge in [-0.05, 0) is 6.42 Å². The Morgan fingerprint density at radius 3 is 2.14 bits per heavy atom. The number of amides is 2. The van der Waals surface area contributed by atoms with Gasteiger partial charge in [0.25, 0.3) is 0 Å². The highest BCUT2D eigenvalue weighted by molar-refractivity contribution is 5.71. The quantitative estimate of drug-likeness (QED) is 0.424. The minimum Gasteiger partial charge on any atom is -0.323 e. The first-order valence-electron chi connectivity index (χ1n) is 2.31. The van der Waals surface area contributed by atoms with Crippen molar-refractivity contribution in [2.75, 3.05) is 13.1 Å². The molecule has 1 radical (unpaired) electrons. The van der Waals surface area contributed by atoms with Crippen LogP contribution < -0.4 is 5.73 Å². The Morgan fingerprint density at radius 2 is 2.14 bits per heavy atom. The lowest BCUT2D eigenvalue weighted by molar-refractivity contribution is 0.175. The molecule has 0 spiro atoms. The zero-order valence-corrected chi connectivity index (χ0v) is 3.98. The molecule has 39 valence electrons. The summed E-state index contributed by atoms with van der Waals surface area (Å²) in [5, 5.41) is 0.